The Morgan fingerprint density at radius 3 is 2.81 bits per heavy atom. The summed E-state index contributed by atoms with van der Waals surface area (Å²) in [6.07, 6.45) is 2.23. The van der Waals surface area contributed by atoms with Crippen molar-refractivity contribution in [2.75, 3.05) is 40.3 Å². The van der Waals surface area contributed by atoms with Crippen LogP contribution in [0.25, 0.3) is 0 Å². The van der Waals surface area contributed by atoms with Crippen molar-refractivity contribution in [3.63, 3.8) is 0 Å². The van der Waals surface area contributed by atoms with Gasteiger partial charge in [-0.2, -0.15) is 0 Å². The molecule has 1 saturated heterocycles. The number of likely N-dealkylation sites (tertiary alicyclic amines) is 1. The van der Waals surface area contributed by atoms with Crippen LogP contribution in [0.15, 0.2) is 4.99 Å². The van der Waals surface area contributed by atoms with E-state index in [1.807, 2.05) is 7.05 Å². The maximum absolute atomic E-state index is 4.56. The third-order valence-electron chi connectivity index (χ3n) is 3.97. The Balaban J connectivity index is 1.68. The van der Waals surface area contributed by atoms with Crippen molar-refractivity contribution in [3.05, 3.63) is 15.6 Å². The van der Waals surface area contributed by atoms with Gasteiger partial charge in [-0.3, -0.25) is 4.99 Å². The molecule has 1 aromatic heterocycles. The molecular formula is C15H27N5S. The van der Waals surface area contributed by atoms with E-state index in [2.05, 4.69) is 46.4 Å². The fourth-order valence-corrected chi connectivity index (χ4v) is 3.52. The highest BCUT2D eigenvalue weighted by Crippen LogP contribution is 2.16. The Kier molecular flexibility index (Phi) is 5.99. The topological polar surface area (TPSA) is 52.6 Å². The van der Waals surface area contributed by atoms with E-state index < -0.39 is 0 Å². The highest BCUT2D eigenvalue weighted by molar-refractivity contribution is 7.11. The Hall–Kier alpha value is -1.14. The maximum Gasteiger partial charge on any atom is 0.191 e. The quantitative estimate of drug-likeness (QED) is 0.638. The molecular weight excluding hydrogens is 282 g/mol. The van der Waals surface area contributed by atoms with Gasteiger partial charge in [0, 0.05) is 38.0 Å². The van der Waals surface area contributed by atoms with E-state index in [4.69, 9.17) is 0 Å². The van der Waals surface area contributed by atoms with Gasteiger partial charge in [0.25, 0.3) is 0 Å². The van der Waals surface area contributed by atoms with E-state index in [1.165, 1.54) is 29.4 Å². The summed E-state index contributed by atoms with van der Waals surface area (Å²) in [5.41, 5.74) is 1.16. The molecule has 2 heterocycles. The SMILES string of the molecule is CN=C(NCCc1nc(C)c(C)s1)NCC1CCN(C)C1. The number of hydrogen-bond donors (Lipinski definition) is 2. The molecule has 6 heteroatoms. The van der Waals surface area contributed by atoms with Crippen molar-refractivity contribution in [2.24, 2.45) is 10.9 Å². The molecule has 1 aliphatic rings. The lowest BCUT2D eigenvalue weighted by molar-refractivity contribution is 0.394. The van der Waals surface area contributed by atoms with E-state index in [1.54, 1.807) is 11.3 Å². The average molecular weight is 309 g/mol. The number of rotatable bonds is 5. The molecule has 1 aliphatic heterocycles. The van der Waals surface area contributed by atoms with Gasteiger partial charge in [0.1, 0.15) is 0 Å². The number of guanidine groups is 1. The number of aliphatic imine (C=N–C) groups is 1. The van der Waals surface area contributed by atoms with Gasteiger partial charge in [-0.05, 0) is 39.8 Å². The van der Waals surface area contributed by atoms with Crippen molar-refractivity contribution < 1.29 is 0 Å². The second-order valence-corrected chi connectivity index (χ2v) is 7.08. The summed E-state index contributed by atoms with van der Waals surface area (Å²) >= 11 is 1.79. The number of aromatic nitrogens is 1. The van der Waals surface area contributed by atoms with Crippen molar-refractivity contribution in [2.45, 2.75) is 26.7 Å². The standard InChI is InChI=1S/C15H27N5S/c1-11-12(2)21-14(19-11)5-7-17-15(16-3)18-9-13-6-8-20(4)10-13/h13H,5-10H2,1-4H3,(H2,16,17,18). The minimum absolute atomic E-state index is 0.734. The van der Waals surface area contributed by atoms with E-state index in [0.717, 1.165) is 37.1 Å². The fraction of sp³-hybridized carbons (Fsp3) is 0.733. The van der Waals surface area contributed by atoms with Gasteiger partial charge < -0.3 is 15.5 Å². The van der Waals surface area contributed by atoms with Crippen LogP contribution in [0.3, 0.4) is 0 Å². The normalized spacial score (nSPS) is 20.0. The summed E-state index contributed by atoms with van der Waals surface area (Å²) in [4.78, 5) is 12.6. The lowest BCUT2D eigenvalue weighted by Crippen LogP contribution is -2.41. The smallest absolute Gasteiger partial charge is 0.191 e. The van der Waals surface area contributed by atoms with Crippen molar-refractivity contribution >= 4 is 17.3 Å². The second-order valence-electron chi connectivity index (χ2n) is 5.80. The van der Waals surface area contributed by atoms with Gasteiger partial charge in [0.15, 0.2) is 5.96 Å². The second kappa shape index (κ2) is 7.75. The number of nitrogens with zero attached hydrogens (tertiary/aromatic N) is 3. The molecule has 0 radical (unpaired) electrons. The summed E-state index contributed by atoms with van der Waals surface area (Å²) in [7, 11) is 4.01. The van der Waals surface area contributed by atoms with Crippen LogP contribution in [0.4, 0.5) is 0 Å². The molecule has 118 valence electrons. The molecule has 5 nitrogen and oxygen atoms in total. The molecule has 0 aliphatic carbocycles. The average Bonchev–Trinajstić information content (AvgIpc) is 3.00. The molecule has 2 rings (SSSR count). The Bertz CT molecular complexity index is 463. The van der Waals surface area contributed by atoms with Crippen LogP contribution in [0.5, 0.6) is 0 Å². The molecule has 1 fully saturated rings. The van der Waals surface area contributed by atoms with E-state index in [0.29, 0.717) is 0 Å². The largest absolute Gasteiger partial charge is 0.356 e. The zero-order chi connectivity index (χ0) is 15.2. The lowest BCUT2D eigenvalue weighted by atomic mass is 10.1. The Labute approximate surface area is 131 Å². The van der Waals surface area contributed by atoms with E-state index in [9.17, 15) is 0 Å². The van der Waals surface area contributed by atoms with Crippen molar-refractivity contribution in [3.8, 4) is 0 Å². The number of hydrogen-bond acceptors (Lipinski definition) is 4. The molecule has 21 heavy (non-hydrogen) atoms. The summed E-state index contributed by atoms with van der Waals surface area (Å²) < 4.78 is 0. The highest BCUT2D eigenvalue weighted by atomic mass is 32.1. The monoisotopic (exact) mass is 309 g/mol. The molecule has 0 bridgehead atoms. The third kappa shape index (κ3) is 4.97. The van der Waals surface area contributed by atoms with Gasteiger partial charge in [-0.1, -0.05) is 0 Å². The van der Waals surface area contributed by atoms with Gasteiger partial charge in [0.05, 0.1) is 10.7 Å². The molecule has 2 N–H and O–H groups in total. The first-order valence-electron chi connectivity index (χ1n) is 7.64. The van der Waals surface area contributed by atoms with Gasteiger partial charge >= 0.3 is 0 Å². The minimum Gasteiger partial charge on any atom is -0.356 e. The first kappa shape index (κ1) is 16.2. The van der Waals surface area contributed by atoms with Gasteiger partial charge in [-0.15, -0.1) is 11.3 Å². The Morgan fingerprint density at radius 2 is 2.24 bits per heavy atom. The number of aryl methyl sites for hydroxylation is 2. The zero-order valence-corrected chi connectivity index (χ0v) is 14.4. The summed E-state index contributed by atoms with van der Waals surface area (Å²) in [6, 6.07) is 0. The predicted octanol–water partition coefficient (Wildman–Crippen LogP) is 1.42. The molecule has 0 amide bonds. The van der Waals surface area contributed by atoms with Crippen LogP contribution >= 0.6 is 11.3 Å². The summed E-state index contributed by atoms with van der Waals surface area (Å²) in [5, 5.41) is 8.00. The van der Waals surface area contributed by atoms with Crippen LogP contribution in [0.2, 0.25) is 0 Å². The van der Waals surface area contributed by atoms with Crippen LogP contribution in [-0.2, 0) is 6.42 Å². The highest BCUT2D eigenvalue weighted by Gasteiger charge is 2.19. The van der Waals surface area contributed by atoms with Gasteiger partial charge in [-0.25, -0.2) is 4.98 Å². The maximum atomic E-state index is 4.56. The van der Waals surface area contributed by atoms with Crippen LogP contribution in [0.1, 0.15) is 22.0 Å². The van der Waals surface area contributed by atoms with Crippen LogP contribution in [0, 0.1) is 19.8 Å². The van der Waals surface area contributed by atoms with Crippen molar-refractivity contribution in [1.82, 2.24) is 20.5 Å². The van der Waals surface area contributed by atoms with E-state index >= 15 is 0 Å². The Morgan fingerprint density at radius 1 is 1.43 bits per heavy atom. The molecule has 1 atom stereocenters. The predicted molar refractivity (Wildman–Crippen MR) is 90.3 cm³/mol. The van der Waals surface area contributed by atoms with E-state index in [-0.39, 0.29) is 0 Å². The van der Waals surface area contributed by atoms with Gasteiger partial charge in [0.2, 0.25) is 0 Å². The van der Waals surface area contributed by atoms with Crippen LogP contribution < -0.4 is 10.6 Å². The molecule has 0 saturated carbocycles. The van der Waals surface area contributed by atoms with Crippen LogP contribution in [-0.4, -0.2) is 56.1 Å². The first-order valence-corrected chi connectivity index (χ1v) is 8.46. The molecule has 1 unspecified atom stereocenters. The number of nitrogens with one attached hydrogen (secondary N) is 2. The molecule has 0 spiro atoms. The minimum atomic E-state index is 0.734. The summed E-state index contributed by atoms with van der Waals surface area (Å²) in [5.74, 6) is 1.63. The third-order valence-corrected chi connectivity index (χ3v) is 5.11. The number of thiazole rings is 1. The molecule has 1 aromatic rings. The summed E-state index contributed by atoms with van der Waals surface area (Å²) in [6.45, 7) is 8.46. The lowest BCUT2D eigenvalue weighted by Gasteiger charge is -2.15. The molecule has 0 aromatic carbocycles. The zero-order valence-electron chi connectivity index (χ0n) is 13.6. The first-order chi connectivity index (χ1) is 10.1. The fourth-order valence-electron chi connectivity index (χ4n) is 2.59. The van der Waals surface area contributed by atoms with Crippen molar-refractivity contribution in [1.29, 1.82) is 0 Å².